The molecule has 25 heavy (non-hydrogen) atoms. The van der Waals surface area contributed by atoms with Gasteiger partial charge < -0.3 is 21.1 Å². The zero-order valence-corrected chi connectivity index (χ0v) is 14.2. The molecule has 2 aromatic rings. The van der Waals surface area contributed by atoms with Crippen LogP contribution in [-0.2, 0) is 4.79 Å². The van der Waals surface area contributed by atoms with Crippen molar-refractivity contribution < 1.29 is 14.3 Å². The van der Waals surface area contributed by atoms with Crippen molar-refractivity contribution in [3.05, 3.63) is 54.1 Å². The lowest BCUT2D eigenvalue weighted by Gasteiger charge is -2.08. The molecule has 0 radical (unpaired) electrons. The molecule has 0 unspecified atom stereocenters. The average Bonchev–Trinajstić information content (AvgIpc) is 2.58. The average molecular weight is 341 g/mol. The fraction of sp³-hybridized carbons (Fsp3) is 0.263. The summed E-state index contributed by atoms with van der Waals surface area (Å²) in [4.78, 5) is 22.4. The van der Waals surface area contributed by atoms with Gasteiger partial charge in [-0.15, -0.1) is 0 Å². The molecule has 0 aliphatic rings. The van der Waals surface area contributed by atoms with E-state index in [2.05, 4.69) is 10.6 Å². The fourth-order valence-electron chi connectivity index (χ4n) is 2.19. The SMILES string of the molecule is Cc1ccc(Oc2ccc(NC(=O)CCCCNC(N)=O)cc2)cc1. The summed E-state index contributed by atoms with van der Waals surface area (Å²) in [5.74, 6) is 1.41. The van der Waals surface area contributed by atoms with Gasteiger partial charge in [0.2, 0.25) is 5.91 Å². The Labute approximate surface area is 147 Å². The Bertz CT molecular complexity index is 697. The number of anilines is 1. The molecule has 0 bridgehead atoms. The summed E-state index contributed by atoms with van der Waals surface area (Å²) in [5.41, 5.74) is 6.86. The summed E-state index contributed by atoms with van der Waals surface area (Å²) in [6.45, 7) is 2.50. The molecule has 4 N–H and O–H groups in total. The monoisotopic (exact) mass is 341 g/mol. The lowest BCUT2D eigenvalue weighted by molar-refractivity contribution is -0.116. The number of benzene rings is 2. The van der Waals surface area contributed by atoms with E-state index in [-0.39, 0.29) is 5.91 Å². The molecule has 3 amide bonds. The quantitative estimate of drug-likeness (QED) is 0.641. The smallest absolute Gasteiger partial charge is 0.312 e. The van der Waals surface area contributed by atoms with E-state index in [4.69, 9.17) is 10.5 Å². The van der Waals surface area contributed by atoms with Crippen LogP contribution in [0, 0.1) is 6.92 Å². The minimum absolute atomic E-state index is 0.0636. The van der Waals surface area contributed by atoms with Crippen LogP contribution >= 0.6 is 0 Å². The molecule has 0 spiro atoms. The topological polar surface area (TPSA) is 93.4 Å². The third-order valence-corrected chi connectivity index (χ3v) is 3.52. The Kier molecular flexibility index (Phi) is 6.83. The Hall–Kier alpha value is -3.02. The number of aryl methyl sites for hydroxylation is 1. The summed E-state index contributed by atoms with van der Waals surface area (Å²) >= 11 is 0. The van der Waals surface area contributed by atoms with Crippen LogP contribution in [0.1, 0.15) is 24.8 Å². The highest BCUT2D eigenvalue weighted by Crippen LogP contribution is 2.23. The van der Waals surface area contributed by atoms with Crippen LogP contribution < -0.4 is 21.1 Å². The third-order valence-electron chi connectivity index (χ3n) is 3.52. The number of nitrogens with two attached hydrogens (primary N) is 1. The maximum Gasteiger partial charge on any atom is 0.312 e. The lowest BCUT2D eigenvalue weighted by atomic mass is 10.2. The molecule has 0 fully saturated rings. The molecular weight excluding hydrogens is 318 g/mol. The molecule has 0 heterocycles. The normalized spacial score (nSPS) is 10.1. The van der Waals surface area contributed by atoms with Crippen molar-refractivity contribution in [2.45, 2.75) is 26.2 Å². The van der Waals surface area contributed by atoms with Crippen LogP contribution in [0.3, 0.4) is 0 Å². The number of carbonyl (C=O) groups excluding carboxylic acids is 2. The van der Waals surface area contributed by atoms with Crippen LogP contribution in [0.25, 0.3) is 0 Å². The maximum absolute atomic E-state index is 11.9. The molecule has 0 aromatic heterocycles. The van der Waals surface area contributed by atoms with Crippen LogP contribution in [0.15, 0.2) is 48.5 Å². The number of rotatable bonds is 8. The first-order valence-electron chi connectivity index (χ1n) is 8.21. The van der Waals surface area contributed by atoms with Crippen molar-refractivity contribution in [3.63, 3.8) is 0 Å². The molecule has 6 nitrogen and oxygen atoms in total. The molecule has 0 aliphatic carbocycles. The predicted octanol–water partition coefficient (Wildman–Crippen LogP) is 3.56. The van der Waals surface area contributed by atoms with Gasteiger partial charge >= 0.3 is 6.03 Å². The zero-order valence-electron chi connectivity index (χ0n) is 14.2. The first kappa shape index (κ1) is 18.3. The van der Waals surface area contributed by atoms with Crippen LogP contribution in [0.4, 0.5) is 10.5 Å². The van der Waals surface area contributed by atoms with E-state index in [0.29, 0.717) is 31.6 Å². The maximum atomic E-state index is 11.9. The Balaban J connectivity index is 1.74. The van der Waals surface area contributed by atoms with Gasteiger partial charge in [-0.25, -0.2) is 4.79 Å². The summed E-state index contributed by atoms with van der Waals surface area (Å²) in [5, 5.41) is 5.32. The molecule has 2 rings (SSSR count). The zero-order chi connectivity index (χ0) is 18.1. The number of ether oxygens (including phenoxy) is 1. The first-order valence-corrected chi connectivity index (χ1v) is 8.21. The van der Waals surface area contributed by atoms with Gasteiger partial charge in [0.05, 0.1) is 0 Å². The minimum Gasteiger partial charge on any atom is -0.457 e. The van der Waals surface area contributed by atoms with E-state index in [9.17, 15) is 9.59 Å². The molecular formula is C19H23N3O3. The standard InChI is InChI=1S/C19H23N3O3/c1-14-5-9-16(10-6-14)25-17-11-7-15(8-12-17)22-18(23)4-2-3-13-21-19(20)24/h5-12H,2-4,13H2,1H3,(H,22,23)(H3,20,21,24). The van der Waals surface area contributed by atoms with Gasteiger partial charge in [-0.2, -0.15) is 0 Å². The van der Waals surface area contributed by atoms with Crippen molar-refractivity contribution in [3.8, 4) is 11.5 Å². The Morgan fingerprint density at radius 1 is 0.960 bits per heavy atom. The molecule has 0 aliphatic heterocycles. The molecule has 2 aromatic carbocycles. The third kappa shape index (κ3) is 6.95. The largest absolute Gasteiger partial charge is 0.457 e. The number of primary amides is 1. The van der Waals surface area contributed by atoms with Crippen molar-refractivity contribution >= 4 is 17.6 Å². The van der Waals surface area contributed by atoms with Crippen LogP contribution in [-0.4, -0.2) is 18.5 Å². The fourth-order valence-corrected chi connectivity index (χ4v) is 2.19. The lowest BCUT2D eigenvalue weighted by Crippen LogP contribution is -2.30. The summed E-state index contributed by atoms with van der Waals surface area (Å²) < 4.78 is 5.75. The highest BCUT2D eigenvalue weighted by atomic mass is 16.5. The van der Waals surface area contributed by atoms with Crippen molar-refractivity contribution in [2.24, 2.45) is 5.73 Å². The second-order valence-corrected chi connectivity index (χ2v) is 5.74. The highest BCUT2D eigenvalue weighted by molar-refractivity contribution is 5.90. The summed E-state index contributed by atoms with van der Waals surface area (Å²) in [7, 11) is 0. The van der Waals surface area contributed by atoms with E-state index in [0.717, 1.165) is 11.4 Å². The molecule has 0 atom stereocenters. The molecule has 6 heteroatoms. The minimum atomic E-state index is -0.544. The summed E-state index contributed by atoms with van der Waals surface area (Å²) in [6.07, 6.45) is 1.78. The van der Waals surface area contributed by atoms with Gasteiger partial charge in [-0.3, -0.25) is 4.79 Å². The van der Waals surface area contributed by atoms with E-state index in [1.165, 1.54) is 5.56 Å². The van der Waals surface area contributed by atoms with Crippen LogP contribution in [0.5, 0.6) is 11.5 Å². The number of nitrogens with one attached hydrogen (secondary N) is 2. The molecule has 132 valence electrons. The predicted molar refractivity (Wildman–Crippen MR) is 97.8 cm³/mol. The summed E-state index contributed by atoms with van der Waals surface area (Å²) in [6, 6.07) is 14.5. The second-order valence-electron chi connectivity index (χ2n) is 5.74. The number of hydrogen-bond donors (Lipinski definition) is 3. The number of hydrogen-bond acceptors (Lipinski definition) is 3. The van der Waals surface area contributed by atoms with Gasteiger partial charge in [0.15, 0.2) is 0 Å². The highest BCUT2D eigenvalue weighted by Gasteiger charge is 2.03. The van der Waals surface area contributed by atoms with E-state index in [1.807, 2.05) is 43.3 Å². The molecule has 0 saturated heterocycles. The first-order chi connectivity index (χ1) is 12.0. The van der Waals surface area contributed by atoms with E-state index < -0.39 is 6.03 Å². The van der Waals surface area contributed by atoms with Gasteiger partial charge in [-0.05, 0) is 56.2 Å². The van der Waals surface area contributed by atoms with Gasteiger partial charge in [0.25, 0.3) is 0 Å². The van der Waals surface area contributed by atoms with Crippen molar-refractivity contribution in [1.82, 2.24) is 5.32 Å². The van der Waals surface area contributed by atoms with Gasteiger partial charge in [0.1, 0.15) is 11.5 Å². The second kappa shape index (κ2) is 9.32. The molecule has 0 saturated carbocycles. The number of unbranched alkanes of at least 4 members (excludes halogenated alkanes) is 1. The van der Waals surface area contributed by atoms with Crippen LogP contribution in [0.2, 0.25) is 0 Å². The number of amides is 3. The van der Waals surface area contributed by atoms with Crippen molar-refractivity contribution in [1.29, 1.82) is 0 Å². The van der Waals surface area contributed by atoms with Gasteiger partial charge in [-0.1, -0.05) is 17.7 Å². The van der Waals surface area contributed by atoms with E-state index >= 15 is 0 Å². The Morgan fingerprint density at radius 3 is 2.16 bits per heavy atom. The van der Waals surface area contributed by atoms with E-state index in [1.54, 1.807) is 12.1 Å². The number of urea groups is 1. The van der Waals surface area contributed by atoms with Crippen molar-refractivity contribution in [2.75, 3.05) is 11.9 Å². The Morgan fingerprint density at radius 2 is 1.56 bits per heavy atom. The van der Waals surface area contributed by atoms with Gasteiger partial charge in [0, 0.05) is 18.7 Å². The number of carbonyl (C=O) groups is 2.